The Balaban J connectivity index is 2.73. The van der Waals surface area contributed by atoms with Gasteiger partial charge in [0.2, 0.25) is 5.67 Å². The Hall–Kier alpha value is -1.79. The van der Waals surface area contributed by atoms with Gasteiger partial charge < -0.3 is 26.6 Å². The van der Waals surface area contributed by atoms with Crippen LogP contribution in [0.5, 0.6) is 0 Å². The SMILES string of the molecule is CCO[Si](OCC)(OCC)c1ccc(C(F)(c2ccc([Si](OCC)(OCC)OCC)cc2)C(F)(F)C(F)(F)F)cc1. The molecule has 0 aliphatic heterocycles. The number of benzene rings is 2. The van der Waals surface area contributed by atoms with E-state index in [0.717, 1.165) is 24.3 Å². The lowest BCUT2D eigenvalue weighted by molar-refractivity contribution is -0.323. The Morgan fingerprint density at radius 3 is 0.902 bits per heavy atom. The Morgan fingerprint density at radius 1 is 0.463 bits per heavy atom. The van der Waals surface area contributed by atoms with Crippen molar-refractivity contribution >= 4 is 28.0 Å². The molecule has 2 aromatic carbocycles. The van der Waals surface area contributed by atoms with Crippen LogP contribution in [0.25, 0.3) is 0 Å². The molecule has 0 unspecified atom stereocenters. The smallest absolute Gasteiger partial charge is 0.370 e. The average Bonchev–Trinajstić information content (AvgIpc) is 2.93. The molecule has 0 aromatic heterocycles. The Morgan fingerprint density at radius 2 is 0.707 bits per heavy atom. The maximum atomic E-state index is 16.6. The van der Waals surface area contributed by atoms with E-state index in [1.807, 2.05) is 0 Å². The van der Waals surface area contributed by atoms with Gasteiger partial charge in [0.25, 0.3) is 0 Å². The standard InChI is InChI=1S/C27H38F6O6Si2/c1-7-34-40(35-8-2,36-9-3)23-17-13-21(14-18-23)25(28,26(29,30)27(31,32)33)22-15-19-24(20-16-22)41(37-10-4,38-11-5)39-12-6/h13-20H,7-12H2,1-6H3. The Bertz CT molecular complexity index is 966. The van der Waals surface area contributed by atoms with Gasteiger partial charge in [0.1, 0.15) is 0 Å². The first-order chi connectivity index (χ1) is 19.3. The third kappa shape index (κ3) is 7.07. The molecule has 0 fully saturated rings. The Kier molecular flexibility index (Phi) is 12.6. The third-order valence-corrected chi connectivity index (χ3v) is 12.2. The first-order valence-electron chi connectivity index (χ1n) is 13.5. The summed E-state index contributed by atoms with van der Waals surface area (Å²) in [5, 5.41) is 0.585. The van der Waals surface area contributed by atoms with Crippen LogP contribution in [0, 0.1) is 0 Å². The number of halogens is 6. The van der Waals surface area contributed by atoms with Gasteiger partial charge >= 0.3 is 29.7 Å². The summed E-state index contributed by atoms with van der Waals surface area (Å²) in [4.78, 5) is 0. The molecule has 0 radical (unpaired) electrons. The highest BCUT2D eigenvalue weighted by Gasteiger charge is 2.72. The summed E-state index contributed by atoms with van der Waals surface area (Å²) in [5.74, 6) is -5.80. The van der Waals surface area contributed by atoms with Crippen molar-refractivity contribution in [2.75, 3.05) is 39.6 Å². The average molecular weight is 629 g/mol. The van der Waals surface area contributed by atoms with Gasteiger partial charge in [-0.25, -0.2) is 4.39 Å². The van der Waals surface area contributed by atoms with E-state index in [4.69, 9.17) is 26.6 Å². The van der Waals surface area contributed by atoms with Crippen molar-refractivity contribution in [1.29, 1.82) is 0 Å². The molecule has 0 amide bonds. The first kappa shape index (κ1) is 35.4. The second-order valence-electron chi connectivity index (χ2n) is 8.60. The minimum Gasteiger partial charge on any atom is -0.370 e. The van der Waals surface area contributed by atoms with E-state index in [1.165, 1.54) is 24.3 Å². The summed E-state index contributed by atoms with van der Waals surface area (Å²) < 4.78 is 123. The van der Waals surface area contributed by atoms with Crippen molar-refractivity contribution in [1.82, 2.24) is 0 Å². The number of rotatable bonds is 17. The first-order valence-corrected chi connectivity index (χ1v) is 16.9. The van der Waals surface area contributed by atoms with E-state index < -0.39 is 46.5 Å². The van der Waals surface area contributed by atoms with Crippen LogP contribution in [-0.4, -0.2) is 69.3 Å². The molecule has 0 saturated carbocycles. The molecule has 2 aromatic rings. The fraction of sp³-hybridized carbons (Fsp3) is 0.556. The summed E-state index contributed by atoms with van der Waals surface area (Å²) in [7, 11) is -7.07. The van der Waals surface area contributed by atoms with Gasteiger partial charge in [-0.1, -0.05) is 48.5 Å². The second-order valence-corrected chi connectivity index (χ2v) is 13.7. The van der Waals surface area contributed by atoms with Crippen molar-refractivity contribution in [2.45, 2.75) is 59.3 Å². The summed E-state index contributed by atoms with van der Waals surface area (Å²) >= 11 is 0. The maximum Gasteiger partial charge on any atom is 0.537 e. The summed E-state index contributed by atoms with van der Waals surface area (Å²) in [6, 6.07) is 8.32. The zero-order chi connectivity index (χ0) is 31.0. The van der Waals surface area contributed by atoms with Crippen molar-refractivity contribution in [3.8, 4) is 0 Å². The maximum absolute atomic E-state index is 16.6. The van der Waals surface area contributed by atoms with E-state index in [9.17, 15) is 13.2 Å². The van der Waals surface area contributed by atoms with Gasteiger partial charge in [0.05, 0.1) is 0 Å². The van der Waals surface area contributed by atoms with Crippen LogP contribution in [0.15, 0.2) is 48.5 Å². The predicted molar refractivity (Wildman–Crippen MR) is 146 cm³/mol. The number of hydrogen-bond acceptors (Lipinski definition) is 6. The predicted octanol–water partition coefficient (Wildman–Crippen LogP) is 5.61. The van der Waals surface area contributed by atoms with E-state index in [2.05, 4.69) is 0 Å². The number of alkyl halides is 6. The molecule has 0 aliphatic rings. The van der Waals surface area contributed by atoms with Crippen LogP contribution in [0.1, 0.15) is 52.7 Å². The largest absolute Gasteiger partial charge is 0.537 e. The molecule has 0 saturated heterocycles. The zero-order valence-corrected chi connectivity index (χ0v) is 26.1. The van der Waals surface area contributed by atoms with Crippen LogP contribution < -0.4 is 10.4 Å². The lowest BCUT2D eigenvalue weighted by Crippen LogP contribution is -2.57. The Labute approximate surface area is 239 Å². The van der Waals surface area contributed by atoms with Crippen LogP contribution in [0.3, 0.4) is 0 Å². The van der Waals surface area contributed by atoms with Crippen molar-refractivity contribution in [3.63, 3.8) is 0 Å². The van der Waals surface area contributed by atoms with Crippen LogP contribution in [0.4, 0.5) is 26.3 Å². The topological polar surface area (TPSA) is 55.4 Å². The summed E-state index contributed by atoms with van der Waals surface area (Å²) in [6.45, 7) is 11.4. The van der Waals surface area contributed by atoms with E-state index in [0.29, 0.717) is 10.4 Å². The minimum absolute atomic E-state index is 0.190. The van der Waals surface area contributed by atoms with Crippen LogP contribution in [-0.2, 0) is 32.2 Å². The van der Waals surface area contributed by atoms with Crippen molar-refractivity contribution in [3.05, 3.63) is 59.7 Å². The van der Waals surface area contributed by atoms with E-state index in [1.54, 1.807) is 41.5 Å². The van der Waals surface area contributed by atoms with Crippen LogP contribution in [0.2, 0.25) is 0 Å². The molecular formula is C27H38F6O6Si2. The molecule has 14 heteroatoms. The molecule has 0 spiro atoms. The molecular weight excluding hydrogens is 590 g/mol. The van der Waals surface area contributed by atoms with Gasteiger partial charge in [-0.3, -0.25) is 0 Å². The van der Waals surface area contributed by atoms with Crippen molar-refractivity contribution < 1.29 is 52.9 Å². The van der Waals surface area contributed by atoms with Gasteiger partial charge in [0, 0.05) is 61.1 Å². The normalized spacial score (nSPS) is 13.6. The van der Waals surface area contributed by atoms with E-state index >= 15 is 13.2 Å². The fourth-order valence-corrected chi connectivity index (χ4v) is 9.35. The van der Waals surface area contributed by atoms with Crippen molar-refractivity contribution in [2.24, 2.45) is 0 Å². The molecule has 0 atom stereocenters. The second kappa shape index (κ2) is 14.6. The lowest BCUT2D eigenvalue weighted by atomic mass is 9.82. The van der Waals surface area contributed by atoms with Gasteiger partial charge in [-0.05, 0) is 41.5 Å². The third-order valence-electron chi connectivity index (χ3n) is 6.07. The highest BCUT2D eigenvalue weighted by Crippen LogP contribution is 2.54. The molecule has 41 heavy (non-hydrogen) atoms. The van der Waals surface area contributed by atoms with Gasteiger partial charge in [-0.15, -0.1) is 0 Å². The quantitative estimate of drug-likeness (QED) is 0.168. The molecule has 0 bridgehead atoms. The summed E-state index contributed by atoms with van der Waals surface area (Å²) in [5.41, 5.74) is -6.11. The van der Waals surface area contributed by atoms with Gasteiger partial charge in [-0.2, -0.15) is 22.0 Å². The lowest BCUT2D eigenvalue weighted by Gasteiger charge is -2.36. The fourth-order valence-electron chi connectivity index (χ4n) is 4.42. The summed E-state index contributed by atoms with van der Waals surface area (Å²) in [6.07, 6.45) is -6.21. The monoisotopic (exact) mass is 628 g/mol. The highest BCUT2D eigenvalue weighted by molar-refractivity contribution is 6.75. The molecule has 6 nitrogen and oxygen atoms in total. The molecule has 0 heterocycles. The molecule has 2 rings (SSSR count). The van der Waals surface area contributed by atoms with E-state index in [-0.39, 0.29) is 39.6 Å². The minimum atomic E-state index is -6.21. The zero-order valence-electron chi connectivity index (χ0n) is 24.1. The molecule has 0 aliphatic carbocycles. The number of hydrogen-bond donors (Lipinski definition) is 0. The molecule has 232 valence electrons. The molecule has 0 N–H and O–H groups in total. The van der Waals surface area contributed by atoms with Gasteiger partial charge in [0.15, 0.2) is 0 Å². The van der Waals surface area contributed by atoms with Crippen LogP contribution >= 0.6 is 0 Å². The highest BCUT2D eigenvalue weighted by atomic mass is 28.4.